The number of hydrogen-bond acceptors (Lipinski definition) is 6. The minimum Gasteiger partial charge on any atom is -0.486 e. The highest BCUT2D eigenvalue weighted by Crippen LogP contribution is 2.41. The fourth-order valence-corrected chi connectivity index (χ4v) is 7.35. The minimum atomic E-state index is -3.47. The maximum atomic E-state index is 12.7. The molecule has 0 radical (unpaired) electrons. The van der Waals surface area contributed by atoms with Crippen molar-refractivity contribution in [2.45, 2.75) is 82.3 Å². The predicted molar refractivity (Wildman–Crippen MR) is 155 cm³/mol. The van der Waals surface area contributed by atoms with E-state index in [2.05, 4.69) is 44.9 Å². The number of aromatic nitrogens is 3. The first-order valence-corrected chi connectivity index (χ1v) is 18.0. The molecule has 39 heavy (non-hydrogen) atoms. The fraction of sp³-hybridized carbons (Fsp3) is 0.448. The number of ether oxygens (including phenoxy) is 1. The number of aromatic amines is 1. The molecule has 0 amide bonds. The Balaban J connectivity index is 1.44. The van der Waals surface area contributed by atoms with Crippen molar-refractivity contribution in [3.63, 3.8) is 0 Å². The average Bonchev–Trinajstić information content (AvgIpc) is 3.45. The van der Waals surface area contributed by atoms with E-state index in [1.807, 2.05) is 31.5 Å². The molecule has 1 saturated carbocycles. The monoisotopic (exact) mass is 564 g/mol. The molecule has 1 fully saturated rings. The molecule has 4 aromatic rings. The number of nitrogens with zero attached hydrogens (tertiary/aromatic N) is 3. The van der Waals surface area contributed by atoms with Crippen LogP contribution in [0.4, 0.5) is 0 Å². The fourth-order valence-electron chi connectivity index (χ4n) is 4.96. The number of benzene rings is 2. The summed E-state index contributed by atoms with van der Waals surface area (Å²) in [5.41, 5.74) is 3.49. The molecular weight excluding hydrogens is 528 g/mol. The van der Waals surface area contributed by atoms with Crippen molar-refractivity contribution in [1.29, 1.82) is 5.26 Å². The first-order chi connectivity index (χ1) is 18.2. The second-order valence-corrected chi connectivity index (χ2v) is 19.0. The van der Waals surface area contributed by atoms with E-state index in [-0.39, 0.29) is 23.8 Å². The lowest BCUT2D eigenvalue weighted by molar-refractivity contribution is -0.00263. The van der Waals surface area contributed by atoms with E-state index in [0.29, 0.717) is 27.3 Å². The van der Waals surface area contributed by atoms with E-state index in [9.17, 15) is 13.7 Å². The topological polar surface area (TPSA) is 110 Å². The Morgan fingerprint density at radius 1 is 1.21 bits per heavy atom. The summed E-state index contributed by atoms with van der Waals surface area (Å²) < 4.78 is 40.0. The van der Waals surface area contributed by atoms with Gasteiger partial charge in [0.2, 0.25) is 0 Å². The number of nitrogens with one attached hydrogen (secondary N) is 1. The van der Waals surface area contributed by atoms with Gasteiger partial charge in [0.1, 0.15) is 17.7 Å². The highest BCUT2D eigenvalue weighted by Gasteiger charge is 2.43. The lowest BCUT2D eigenvalue weighted by Gasteiger charge is -2.44. The summed E-state index contributed by atoms with van der Waals surface area (Å²) in [5.74, 6) is 0.476. The Morgan fingerprint density at radius 2 is 1.92 bits per heavy atom. The lowest BCUT2D eigenvalue weighted by atomic mass is 9.92. The van der Waals surface area contributed by atoms with Gasteiger partial charge in [-0.2, -0.15) is 10.4 Å². The van der Waals surface area contributed by atoms with E-state index in [0.717, 1.165) is 34.7 Å². The van der Waals surface area contributed by atoms with Crippen molar-refractivity contribution < 1.29 is 17.6 Å². The van der Waals surface area contributed by atoms with E-state index >= 15 is 0 Å². The zero-order chi connectivity index (χ0) is 28.3. The summed E-state index contributed by atoms with van der Waals surface area (Å²) in [4.78, 5) is 3.51. The SMILES string of the molecule is Cc1cc(S(C)(=O)=O)c(Cn2cc3ccc(C#N)c(O[C@H]4C[C@@H](O[Si](C)(C)C(C)(C)C)C4)c3n2)c2cc[nH]c12. The Hall–Kier alpha value is -3.13. The van der Waals surface area contributed by atoms with Gasteiger partial charge in [0.15, 0.2) is 23.9 Å². The van der Waals surface area contributed by atoms with Gasteiger partial charge in [0.05, 0.1) is 23.1 Å². The van der Waals surface area contributed by atoms with Gasteiger partial charge >= 0.3 is 0 Å². The van der Waals surface area contributed by atoms with Gasteiger partial charge in [-0.05, 0) is 54.9 Å². The van der Waals surface area contributed by atoms with E-state index in [4.69, 9.17) is 14.3 Å². The Kier molecular flexibility index (Phi) is 6.69. The van der Waals surface area contributed by atoms with E-state index in [1.54, 1.807) is 16.8 Å². The highest BCUT2D eigenvalue weighted by atomic mass is 32.2. The maximum absolute atomic E-state index is 12.7. The molecule has 0 unspecified atom stereocenters. The lowest BCUT2D eigenvalue weighted by Crippen LogP contribution is -2.50. The largest absolute Gasteiger partial charge is 0.486 e. The van der Waals surface area contributed by atoms with Crippen LogP contribution in [-0.4, -0.2) is 50.0 Å². The van der Waals surface area contributed by atoms with Crippen LogP contribution in [-0.2, 0) is 20.8 Å². The zero-order valence-corrected chi connectivity index (χ0v) is 25.4. The normalized spacial score (nSPS) is 18.3. The molecule has 0 aliphatic heterocycles. The molecule has 8 nitrogen and oxygen atoms in total. The van der Waals surface area contributed by atoms with Crippen molar-refractivity contribution in [1.82, 2.24) is 14.8 Å². The molecule has 2 heterocycles. The van der Waals surface area contributed by atoms with Crippen LogP contribution in [0.25, 0.3) is 21.8 Å². The third kappa shape index (κ3) is 5.11. The van der Waals surface area contributed by atoms with Crippen molar-refractivity contribution >= 4 is 40.0 Å². The standard InChI is InChI=1S/C29H36N4O4SSi/c1-18-12-25(38(5,34)35)24(23-10-11-31-26(18)23)17-33-16-20-9-8-19(15-30)28(27(20)32-33)36-21-13-22(14-21)37-39(6,7)29(2,3)4/h8-12,16,21-22,31H,13-14,17H2,1-7H3/t21-,22+. The van der Waals surface area contributed by atoms with Crippen LogP contribution in [0.15, 0.2) is 41.6 Å². The third-order valence-electron chi connectivity index (χ3n) is 8.23. The van der Waals surface area contributed by atoms with Crippen LogP contribution < -0.4 is 4.74 Å². The number of H-pyrrole nitrogens is 1. The van der Waals surface area contributed by atoms with Gasteiger partial charge in [-0.15, -0.1) is 0 Å². The number of nitriles is 1. The molecule has 0 bridgehead atoms. The Morgan fingerprint density at radius 3 is 2.56 bits per heavy atom. The van der Waals surface area contributed by atoms with Gasteiger partial charge in [-0.3, -0.25) is 4.68 Å². The van der Waals surface area contributed by atoms with Crippen molar-refractivity contribution in [3.8, 4) is 11.8 Å². The smallest absolute Gasteiger partial charge is 0.192 e. The first kappa shape index (κ1) is 27.4. The predicted octanol–water partition coefficient (Wildman–Crippen LogP) is 6.08. The first-order valence-electron chi connectivity index (χ1n) is 13.2. The van der Waals surface area contributed by atoms with E-state index < -0.39 is 18.2 Å². The van der Waals surface area contributed by atoms with Gasteiger partial charge in [-0.1, -0.05) is 20.8 Å². The van der Waals surface area contributed by atoms with Crippen molar-refractivity contribution in [3.05, 3.63) is 53.3 Å². The molecular formula is C29H36N4O4SSi. The third-order valence-corrected chi connectivity index (χ3v) is 13.9. The molecule has 206 valence electrons. The second kappa shape index (κ2) is 9.50. The molecule has 10 heteroatoms. The summed E-state index contributed by atoms with van der Waals surface area (Å²) in [6.45, 7) is 13.4. The quantitative estimate of drug-likeness (QED) is 0.272. The number of aryl methyl sites for hydroxylation is 1. The second-order valence-electron chi connectivity index (χ2n) is 12.2. The summed E-state index contributed by atoms with van der Waals surface area (Å²) in [5, 5.41) is 16.4. The van der Waals surface area contributed by atoms with Gasteiger partial charge in [-0.25, -0.2) is 8.42 Å². The molecule has 1 N–H and O–H groups in total. The van der Waals surface area contributed by atoms with E-state index in [1.165, 1.54) is 6.26 Å². The Bertz CT molecular complexity index is 1720. The molecule has 0 atom stereocenters. The van der Waals surface area contributed by atoms with Crippen LogP contribution >= 0.6 is 0 Å². The maximum Gasteiger partial charge on any atom is 0.192 e. The van der Waals surface area contributed by atoms with Crippen LogP contribution in [0, 0.1) is 18.3 Å². The highest BCUT2D eigenvalue weighted by molar-refractivity contribution is 7.90. The molecule has 2 aromatic heterocycles. The summed E-state index contributed by atoms with van der Waals surface area (Å²) in [7, 11) is -5.33. The van der Waals surface area contributed by atoms with Crippen LogP contribution in [0.3, 0.4) is 0 Å². The van der Waals surface area contributed by atoms with Gasteiger partial charge in [0.25, 0.3) is 0 Å². The van der Waals surface area contributed by atoms with Crippen LogP contribution in [0.2, 0.25) is 18.1 Å². The number of sulfone groups is 1. The average molecular weight is 565 g/mol. The van der Waals surface area contributed by atoms with Crippen molar-refractivity contribution in [2.24, 2.45) is 0 Å². The van der Waals surface area contributed by atoms with Crippen LogP contribution in [0.1, 0.15) is 50.3 Å². The molecule has 0 saturated heterocycles. The summed E-state index contributed by atoms with van der Waals surface area (Å²) in [6, 6.07) is 9.47. The summed E-state index contributed by atoms with van der Waals surface area (Å²) >= 11 is 0. The van der Waals surface area contributed by atoms with Gasteiger partial charge < -0.3 is 14.1 Å². The number of fused-ring (bicyclic) bond motifs is 2. The molecule has 5 rings (SSSR count). The molecule has 1 aliphatic rings. The molecule has 0 spiro atoms. The van der Waals surface area contributed by atoms with Gasteiger partial charge in [0, 0.05) is 53.3 Å². The van der Waals surface area contributed by atoms with Crippen molar-refractivity contribution in [2.75, 3.05) is 6.26 Å². The minimum absolute atomic E-state index is 0.0453. The molecule has 2 aromatic carbocycles. The molecule has 1 aliphatic carbocycles. The van der Waals surface area contributed by atoms with Crippen LogP contribution in [0.5, 0.6) is 5.75 Å². The Labute approximate surface area is 231 Å². The number of rotatable bonds is 7. The summed E-state index contributed by atoms with van der Waals surface area (Å²) in [6.07, 6.45) is 6.60. The number of hydrogen-bond donors (Lipinski definition) is 1. The zero-order valence-electron chi connectivity index (χ0n) is 23.6.